The van der Waals surface area contributed by atoms with Crippen LogP contribution >= 0.6 is 23.1 Å². The molecule has 1 aliphatic rings. The summed E-state index contributed by atoms with van der Waals surface area (Å²) < 4.78 is 0. The first kappa shape index (κ1) is 13.8. The molecule has 0 saturated carbocycles. The van der Waals surface area contributed by atoms with Gasteiger partial charge in [-0.05, 0) is 38.7 Å². The van der Waals surface area contributed by atoms with Gasteiger partial charge < -0.3 is 5.32 Å². The van der Waals surface area contributed by atoms with Crippen LogP contribution in [0.4, 0.5) is 0 Å². The third-order valence-corrected chi connectivity index (χ3v) is 5.52. The highest BCUT2D eigenvalue weighted by Gasteiger charge is 2.22. The van der Waals surface area contributed by atoms with Gasteiger partial charge in [-0.3, -0.25) is 4.79 Å². The summed E-state index contributed by atoms with van der Waals surface area (Å²) in [7, 11) is 0. The first-order valence-electron chi connectivity index (χ1n) is 6.87. The van der Waals surface area contributed by atoms with Crippen LogP contribution in [0.3, 0.4) is 0 Å². The first-order chi connectivity index (χ1) is 9.69. The minimum atomic E-state index is 0.0637. The van der Waals surface area contributed by atoms with Crippen LogP contribution in [0.5, 0.6) is 0 Å². The van der Waals surface area contributed by atoms with Gasteiger partial charge in [-0.25, -0.2) is 9.97 Å². The number of nitrogens with zero attached hydrogens (tertiary/aromatic N) is 2. The summed E-state index contributed by atoms with van der Waals surface area (Å²) in [5, 5.41) is 4.99. The highest BCUT2D eigenvalue weighted by Crippen LogP contribution is 2.40. The Kier molecular flexibility index (Phi) is 3.94. The van der Waals surface area contributed by atoms with Crippen LogP contribution in [0.2, 0.25) is 0 Å². The standard InChI is InChI=1S/C14H17N3OS2/c1-3-15-11(18)7-19-13-12-9-5-4-6-10(9)20-14(12)17-8(2)16-13/h3-7H2,1-2H3,(H,15,18). The van der Waals surface area contributed by atoms with E-state index in [1.165, 1.54) is 34.0 Å². The van der Waals surface area contributed by atoms with E-state index in [4.69, 9.17) is 0 Å². The second-order valence-electron chi connectivity index (χ2n) is 4.86. The van der Waals surface area contributed by atoms with E-state index in [0.717, 1.165) is 28.5 Å². The van der Waals surface area contributed by atoms with Crippen LogP contribution in [0.25, 0.3) is 10.2 Å². The monoisotopic (exact) mass is 307 g/mol. The molecule has 0 saturated heterocycles. The minimum absolute atomic E-state index is 0.0637. The molecule has 3 rings (SSSR count). The van der Waals surface area contributed by atoms with Crippen molar-refractivity contribution < 1.29 is 4.79 Å². The maximum absolute atomic E-state index is 11.6. The summed E-state index contributed by atoms with van der Waals surface area (Å²) in [4.78, 5) is 23.3. The highest BCUT2D eigenvalue weighted by atomic mass is 32.2. The molecule has 20 heavy (non-hydrogen) atoms. The van der Waals surface area contributed by atoms with Gasteiger partial charge in [0.2, 0.25) is 5.91 Å². The molecule has 0 atom stereocenters. The molecule has 106 valence electrons. The molecule has 1 amide bonds. The van der Waals surface area contributed by atoms with Crippen molar-refractivity contribution >= 4 is 39.2 Å². The van der Waals surface area contributed by atoms with Gasteiger partial charge >= 0.3 is 0 Å². The predicted molar refractivity (Wildman–Crippen MR) is 83.6 cm³/mol. The number of thioether (sulfide) groups is 1. The maximum Gasteiger partial charge on any atom is 0.230 e. The maximum atomic E-state index is 11.6. The molecule has 2 heterocycles. The van der Waals surface area contributed by atoms with Crippen molar-refractivity contribution in [2.24, 2.45) is 0 Å². The molecule has 0 aliphatic heterocycles. The quantitative estimate of drug-likeness (QED) is 0.697. The third kappa shape index (κ3) is 2.54. The Morgan fingerprint density at radius 3 is 3.05 bits per heavy atom. The van der Waals surface area contributed by atoms with Crippen LogP contribution in [-0.2, 0) is 17.6 Å². The molecule has 1 aliphatic carbocycles. The van der Waals surface area contributed by atoms with Gasteiger partial charge in [0.05, 0.1) is 5.75 Å². The molecule has 6 heteroatoms. The Hall–Kier alpha value is -1.14. The van der Waals surface area contributed by atoms with Gasteiger partial charge in [-0.15, -0.1) is 11.3 Å². The number of hydrogen-bond acceptors (Lipinski definition) is 5. The number of carbonyl (C=O) groups is 1. The average molecular weight is 307 g/mol. The lowest BCUT2D eigenvalue weighted by Crippen LogP contribution is -2.24. The van der Waals surface area contributed by atoms with Crippen molar-refractivity contribution in [1.29, 1.82) is 0 Å². The van der Waals surface area contributed by atoms with Gasteiger partial charge in [0.25, 0.3) is 0 Å². The lowest BCUT2D eigenvalue weighted by atomic mass is 10.2. The number of thiophene rings is 1. The number of carbonyl (C=O) groups excluding carboxylic acids is 1. The third-order valence-electron chi connectivity index (χ3n) is 3.36. The Labute approximate surface area is 126 Å². The Morgan fingerprint density at radius 1 is 1.40 bits per heavy atom. The van der Waals surface area contributed by atoms with Crippen LogP contribution in [-0.4, -0.2) is 28.2 Å². The van der Waals surface area contributed by atoms with Gasteiger partial charge in [-0.1, -0.05) is 11.8 Å². The van der Waals surface area contributed by atoms with Gasteiger partial charge in [0.15, 0.2) is 0 Å². The fourth-order valence-electron chi connectivity index (χ4n) is 2.55. The molecule has 0 bridgehead atoms. The molecule has 1 N–H and O–H groups in total. The van der Waals surface area contributed by atoms with Crippen molar-refractivity contribution in [2.45, 2.75) is 38.1 Å². The Morgan fingerprint density at radius 2 is 2.25 bits per heavy atom. The minimum Gasteiger partial charge on any atom is -0.356 e. The zero-order chi connectivity index (χ0) is 14.1. The average Bonchev–Trinajstić information content (AvgIpc) is 2.95. The van der Waals surface area contributed by atoms with E-state index in [2.05, 4.69) is 15.3 Å². The largest absolute Gasteiger partial charge is 0.356 e. The number of aromatic nitrogens is 2. The number of amides is 1. The molecular formula is C14H17N3OS2. The van der Waals surface area contributed by atoms with Crippen molar-refractivity contribution in [3.05, 3.63) is 16.3 Å². The molecule has 0 aromatic carbocycles. The molecule has 0 fully saturated rings. The summed E-state index contributed by atoms with van der Waals surface area (Å²) >= 11 is 3.32. The molecular weight excluding hydrogens is 290 g/mol. The van der Waals surface area contributed by atoms with Crippen molar-refractivity contribution in [3.8, 4) is 0 Å². The van der Waals surface area contributed by atoms with Crippen LogP contribution in [0.15, 0.2) is 5.03 Å². The van der Waals surface area contributed by atoms with Gasteiger partial charge in [0.1, 0.15) is 15.7 Å². The van der Waals surface area contributed by atoms with Crippen molar-refractivity contribution in [1.82, 2.24) is 15.3 Å². The van der Waals surface area contributed by atoms with Gasteiger partial charge in [-0.2, -0.15) is 0 Å². The summed E-state index contributed by atoms with van der Waals surface area (Å²) in [6.45, 7) is 4.52. The second kappa shape index (κ2) is 5.69. The summed E-state index contributed by atoms with van der Waals surface area (Å²) in [6, 6.07) is 0. The molecule has 2 aromatic rings. The molecule has 2 aromatic heterocycles. The smallest absolute Gasteiger partial charge is 0.230 e. The first-order valence-corrected chi connectivity index (χ1v) is 8.67. The van der Waals surface area contributed by atoms with E-state index in [-0.39, 0.29) is 5.91 Å². The highest BCUT2D eigenvalue weighted by molar-refractivity contribution is 8.00. The number of rotatable bonds is 4. The molecule has 4 nitrogen and oxygen atoms in total. The lowest BCUT2D eigenvalue weighted by Gasteiger charge is -2.05. The normalized spacial score (nSPS) is 13.7. The molecule has 0 unspecified atom stereocenters. The fraction of sp³-hybridized carbons (Fsp3) is 0.500. The van der Waals surface area contributed by atoms with Crippen molar-refractivity contribution in [2.75, 3.05) is 12.3 Å². The topological polar surface area (TPSA) is 54.9 Å². The van der Waals surface area contributed by atoms with E-state index in [9.17, 15) is 4.79 Å². The van der Waals surface area contributed by atoms with E-state index in [1.54, 1.807) is 11.3 Å². The number of aryl methyl sites for hydroxylation is 3. The Bertz CT molecular complexity index is 666. The van der Waals surface area contributed by atoms with Crippen molar-refractivity contribution in [3.63, 3.8) is 0 Å². The lowest BCUT2D eigenvalue weighted by molar-refractivity contribution is -0.118. The SMILES string of the molecule is CCNC(=O)CSc1nc(C)nc2sc3c(c12)CCC3. The van der Waals surface area contributed by atoms with Crippen LogP contribution in [0.1, 0.15) is 29.6 Å². The second-order valence-corrected chi connectivity index (χ2v) is 6.90. The van der Waals surface area contributed by atoms with E-state index >= 15 is 0 Å². The van der Waals surface area contributed by atoms with E-state index in [1.807, 2.05) is 13.8 Å². The van der Waals surface area contributed by atoms with Gasteiger partial charge in [0, 0.05) is 16.8 Å². The summed E-state index contributed by atoms with van der Waals surface area (Å²) in [5.41, 5.74) is 1.42. The summed E-state index contributed by atoms with van der Waals surface area (Å²) in [6.07, 6.45) is 3.51. The van der Waals surface area contributed by atoms with E-state index < -0.39 is 0 Å². The Balaban J connectivity index is 1.94. The number of nitrogens with one attached hydrogen (secondary N) is 1. The number of hydrogen-bond donors (Lipinski definition) is 1. The van der Waals surface area contributed by atoms with Crippen LogP contribution < -0.4 is 5.32 Å². The molecule has 0 spiro atoms. The number of fused-ring (bicyclic) bond motifs is 3. The fourth-order valence-corrected chi connectivity index (χ4v) is 4.85. The molecule has 0 radical (unpaired) electrons. The predicted octanol–water partition coefficient (Wildman–Crippen LogP) is 2.72. The van der Waals surface area contributed by atoms with Crippen LogP contribution in [0, 0.1) is 6.92 Å². The zero-order valence-electron chi connectivity index (χ0n) is 11.7. The zero-order valence-corrected chi connectivity index (χ0v) is 13.3. The summed E-state index contributed by atoms with van der Waals surface area (Å²) in [5.74, 6) is 1.27. The van der Waals surface area contributed by atoms with E-state index in [0.29, 0.717) is 12.3 Å².